The largest absolute Gasteiger partial charge is 0.479 e. The number of amides is 1. The monoisotopic (exact) mass is 259 g/mol. The van der Waals surface area contributed by atoms with Gasteiger partial charge >= 0.3 is 5.97 Å². The number of nitrogens with one attached hydrogen (secondary N) is 1. The summed E-state index contributed by atoms with van der Waals surface area (Å²) in [5.74, 6) is -2.07. The highest BCUT2D eigenvalue weighted by Crippen LogP contribution is 2.04. The molecule has 0 saturated carbocycles. The van der Waals surface area contributed by atoms with Crippen LogP contribution < -0.4 is 5.32 Å². The van der Waals surface area contributed by atoms with Gasteiger partial charge in [-0.05, 0) is 19.1 Å². The van der Waals surface area contributed by atoms with Crippen molar-refractivity contribution in [1.82, 2.24) is 15.5 Å². The molecule has 7 nitrogen and oxygen atoms in total. The molecule has 0 aliphatic rings. The fraction of sp³-hybridized carbons (Fsp3) is 0.333. The number of aromatic nitrogens is 2. The maximum atomic E-state index is 11.5. The molecule has 0 aromatic carbocycles. The van der Waals surface area contributed by atoms with Crippen LogP contribution in [-0.2, 0) is 4.79 Å². The number of carboxylic acids is 1. The van der Waals surface area contributed by atoms with E-state index in [1.165, 1.54) is 12.1 Å². The van der Waals surface area contributed by atoms with Crippen LogP contribution in [0.25, 0.3) is 0 Å². The first kappa shape index (κ1) is 13.3. The Labute approximate surface area is 101 Å². The second-order valence-electron chi connectivity index (χ2n) is 3.50. The molecule has 0 fully saturated rings. The minimum Gasteiger partial charge on any atom is -0.479 e. The van der Waals surface area contributed by atoms with Crippen molar-refractivity contribution in [3.05, 3.63) is 23.0 Å². The van der Waals surface area contributed by atoms with Gasteiger partial charge in [0.25, 0.3) is 5.91 Å². The third-order valence-electron chi connectivity index (χ3n) is 1.92. The van der Waals surface area contributed by atoms with Crippen molar-refractivity contribution in [2.45, 2.75) is 12.5 Å². The summed E-state index contributed by atoms with van der Waals surface area (Å²) < 4.78 is 0. The summed E-state index contributed by atoms with van der Waals surface area (Å²) in [4.78, 5) is 22.0. The number of carbonyl (C=O) groups is 2. The van der Waals surface area contributed by atoms with E-state index in [2.05, 4.69) is 15.5 Å². The van der Waals surface area contributed by atoms with Gasteiger partial charge in [-0.2, -0.15) is 0 Å². The van der Waals surface area contributed by atoms with Crippen LogP contribution in [0.4, 0.5) is 0 Å². The Bertz CT molecular complexity index is 432. The molecule has 0 aliphatic carbocycles. The zero-order valence-electron chi connectivity index (χ0n) is 8.85. The number of aliphatic hydroxyl groups is 1. The molecule has 1 aromatic heterocycles. The highest BCUT2D eigenvalue weighted by molar-refractivity contribution is 6.29. The number of carboxylic acid groups (broad SMARTS) is 1. The van der Waals surface area contributed by atoms with Gasteiger partial charge in [0.05, 0.1) is 6.54 Å². The first-order valence-corrected chi connectivity index (χ1v) is 4.94. The van der Waals surface area contributed by atoms with Crippen molar-refractivity contribution in [2.24, 2.45) is 0 Å². The summed E-state index contributed by atoms with van der Waals surface area (Å²) in [6.07, 6.45) is 0. The molecule has 1 aromatic rings. The number of aliphatic carboxylic acids is 1. The summed E-state index contributed by atoms with van der Waals surface area (Å²) in [6.45, 7) is 0.634. The fourth-order valence-corrected chi connectivity index (χ4v) is 0.956. The van der Waals surface area contributed by atoms with Gasteiger partial charge in [0, 0.05) is 0 Å². The minimum atomic E-state index is -2.03. The maximum Gasteiger partial charge on any atom is 0.337 e. The Morgan fingerprint density at radius 1 is 1.47 bits per heavy atom. The van der Waals surface area contributed by atoms with Crippen molar-refractivity contribution in [2.75, 3.05) is 6.54 Å². The summed E-state index contributed by atoms with van der Waals surface area (Å²) in [6, 6.07) is 2.71. The van der Waals surface area contributed by atoms with E-state index in [4.69, 9.17) is 16.7 Å². The van der Waals surface area contributed by atoms with Crippen molar-refractivity contribution >= 4 is 23.5 Å². The number of nitrogens with zero attached hydrogens (tertiary/aromatic N) is 2. The number of rotatable bonds is 4. The average Bonchev–Trinajstić information content (AvgIpc) is 2.27. The quantitative estimate of drug-likeness (QED) is 0.684. The summed E-state index contributed by atoms with van der Waals surface area (Å²) in [7, 11) is 0. The van der Waals surface area contributed by atoms with E-state index >= 15 is 0 Å². The van der Waals surface area contributed by atoms with Gasteiger partial charge in [-0.15, -0.1) is 10.2 Å². The molecule has 1 heterocycles. The van der Waals surface area contributed by atoms with Crippen LogP contribution in [0.3, 0.4) is 0 Å². The molecular formula is C9H10ClN3O4. The van der Waals surface area contributed by atoms with Crippen LogP contribution in [0.5, 0.6) is 0 Å². The van der Waals surface area contributed by atoms with Gasteiger partial charge in [0.2, 0.25) is 0 Å². The zero-order chi connectivity index (χ0) is 13.1. The van der Waals surface area contributed by atoms with Crippen molar-refractivity contribution < 1.29 is 19.8 Å². The number of carbonyl (C=O) groups excluding carboxylic acids is 1. The highest BCUT2D eigenvalue weighted by atomic mass is 35.5. The second kappa shape index (κ2) is 5.07. The molecule has 1 amide bonds. The topological polar surface area (TPSA) is 112 Å². The molecule has 0 aliphatic heterocycles. The van der Waals surface area contributed by atoms with Crippen LogP contribution >= 0.6 is 11.6 Å². The van der Waals surface area contributed by atoms with E-state index < -0.39 is 24.0 Å². The smallest absolute Gasteiger partial charge is 0.337 e. The normalized spacial score (nSPS) is 13.8. The Morgan fingerprint density at radius 2 is 2.12 bits per heavy atom. The molecule has 17 heavy (non-hydrogen) atoms. The number of hydrogen-bond donors (Lipinski definition) is 3. The molecule has 3 N–H and O–H groups in total. The summed E-state index contributed by atoms with van der Waals surface area (Å²) in [5, 5.41) is 27.3. The lowest BCUT2D eigenvalue weighted by molar-refractivity contribution is -0.155. The van der Waals surface area contributed by atoms with E-state index in [-0.39, 0.29) is 10.8 Å². The van der Waals surface area contributed by atoms with Crippen molar-refractivity contribution in [3.8, 4) is 0 Å². The van der Waals surface area contributed by atoms with Crippen LogP contribution in [0, 0.1) is 0 Å². The molecule has 0 bridgehead atoms. The molecular weight excluding hydrogens is 250 g/mol. The van der Waals surface area contributed by atoms with Gasteiger partial charge in [0.1, 0.15) is 0 Å². The van der Waals surface area contributed by atoms with E-state index in [9.17, 15) is 14.7 Å². The molecule has 1 unspecified atom stereocenters. The van der Waals surface area contributed by atoms with E-state index in [1.807, 2.05) is 0 Å². The van der Waals surface area contributed by atoms with Crippen LogP contribution in [0.2, 0.25) is 5.15 Å². The van der Waals surface area contributed by atoms with E-state index in [1.54, 1.807) is 0 Å². The van der Waals surface area contributed by atoms with Gasteiger partial charge in [-0.1, -0.05) is 11.6 Å². The Balaban J connectivity index is 2.62. The van der Waals surface area contributed by atoms with Gasteiger partial charge in [-0.25, -0.2) is 4.79 Å². The lowest BCUT2D eigenvalue weighted by Gasteiger charge is -2.17. The Kier molecular flexibility index (Phi) is 3.97. The molecule has 1 atom stereocenters. The van der Waals surface area contributed by atoms with E-state index in [0.29, 0.717) is 0 Å². The Hall–Kier alpha value is -1.73. The molecule has 0 radical (unpaired) electrons. The van der Waals surface area contributed by atoms with Gasteiger partial charge in [0.15, 0.2) is 16.4 Å². The summed E-state index contributed by atoms with van der Waals surface area (Å²) in [5.41, 5.74) is -2.05. The predicted octanol–water partition coefficient (Wildman–Crippen LogP) is -0.305. The molecule has 0 saturated heterocycles. The average molecular weight is 260 g/mol. The first-order valence-electron chi connectivity index (χ1n) is 4.56. The SMILES string of the molecule is CC(O)(CNC(=O)c1ccc(Cl)nn1)C(=O)O. The van der Waals surface area contributed by atoms with E-state index in [0.717, 1.165) is 6.92 Å². The minimum absolute atomic E-state index is 0.0180. The molecule has 8 heteroatoms. The predicted molar refractivity (Wildman–Crippen MR) is 57.6 cm³/mol. The van der Waals surface area contributed by atoms with Crippen LogP contribution in [-0.4, -0.2) is 44.4 Å². The fourth-order valence-electron chi connectivity index (χ4n) is 0.856. The maximum absolute atomic E-state index is 11.5. The van der Waals surface area contributed by atoms with Crippen molar-refractivity contribution in [3.63, 3.8) is 0 Å². The first-order chi connectivity index (χ1) is 7.83. The van der Waals surface area contributed by atoms with Gasteiger partial charge in [-0.3, -0.25) is 4.79 Å². The molecule has 1 rings (SSSR count). The lowest BCUT2D eigenvalue weighted by Crippen LogP contribution is -2.46. The number of hydrogen-bond acceptors (Lipinski definition) is 5. The standard InChI is InChI=1S/C9H10ClN3O4/c1-9(17,8(15)16)4-11-7(14)5-2-3-6(10)13-12-5/h2-3,17H,4H2,1H3,(H,11,14)(H,15,16). The third-order valence-corrected chi connectivity index (χ3v) is 2.12. The lowest BCUT2D eigenvalue weighted by atomic mass is 10.1. The van der Waals surface area contributed by atoms with Crippen LogP contribution in [0.15, 0.2) is 12.1 Å². The summed E-state index contributed by atoms with van der Waals surface area (Å²) >= 11 is 5.48. The highest BCUT2D eigenvalue weighted by Gasteiger charge is 2.30. The van der Waals surface area contributed by atoms with Crippen LogP contribution in [0.1, 0.15) is 17.4 Å². The Morgan fingerprint density at radius 3 is 2.59 bits per heavy atom. The zero-order valence-corrected chi connectivity index (χ0v) is 9.60. The molecule has 92 valence electrons. The molecule has 0 spiro atoms. The van der Waals surface area contributed by atoms with Crippen molar-refractivity contribution in [1.29, 1.82) is 0 Å². The third kappa shape index (κ3) is 3.65. The second-order valence-corrected chi connectivity index (χ2v) is 3.89. The van der Waals surface area contributed by atoms with Gasteiger partial charge < -0.3 is 15.5 Å². The number of halogens is 1.